The number of benzene rings is 2. The summed E-state index contributed by atoms with van der Waals surface area (Å²) in [5.41, 5.74) is 4.69. The van der Waals surface area contributed by atoms with Crippen LogP contribution in [0.5, 0.6) is 5.75 Å². The molecule has 0 radical (unpaired) electrons. The minimum atomic E-state index is -0.0815. The van der Waals surface area contributed by atoms with E-state index in [-0.39, 0.29) is 11.3 Å². The van der Waals surface area contributed by atoms with Gasteiger partial charge in [0.05, 0.1) is 0 Å². The molecule has 0 fully saturated rings. The standard InChI is InChI=1S/C18H18N2O2/c1-11-7-13-9-14(18(22)20-17(13)8-12(11)2)10-19-15-3-5-16(21)6-4-15/h3-9,19,21H,10H2,1-2H3,(H,20,22). The second kappa shape index (κ2) is 5.56. The first-order valence-electron chi connectivity index (χ1n) is 7.19. The lowest BCUT2D eigenvalue weighted by Crippen LogP contribution is -2.15. The molecule has 3 aromatic rings. The minimum absolute atomic E-state index is 0.0815. The number of aryl methyl sites for hydroxylation is 2. The molecule has 3 N–H and O–H groups in total. The van der Waals surface area contributed by atoms with Crippen LogP contribution in [0.4, 0.5) is 5.69 Å². The van der Waals surface area contributed by atoms with E-state index in [1.165, 1.54) is 5.56 Å². The number of phenols is 1. The van der Waals surface area contributed by atoms with Crippen LogP contribution in [0.2, 0.25) is 0 Å². The van der Waals surface area contributed by atoms with Gasteiger partial charge in [-0.3, -0.25) is 4.79 Å². The average Bonchev–Trinajstić information content (AvgIpc) is 2.49. The molecule has 0 bridgehead atoms. The summed E-state index contributed by atoms with van der Waals surface area (Å²) >= 11 is 0. The monoisotopic (exact) mass is 294 g/mol. The third kappa shape index (κ3) is 2.81. The highest BCUT2D eigenvalue weighted by atomic mass is 16.3. The summed E-state index contributed by atoms with van der Waals surface area (Å²) in [6, 6.07) is 12.8. The van der Waals surface area contributed by atoms with Gasteiger partial charge in [0, 0.05) is 23.3 Å². The lowest BCUT2D eigenvalue weighted by atomic mass is 10.0. The zero-order chi connectivity index (χ0) is 15.7. The number of anilines is 1. The van der Waals surface area contributed by atoms with Gasteiger partial charge in [-0.05, 0) is 72.8 Å². The number of hydrogen-bond acceptors (Lipinski definition) is 3. The lowest BCUT2D eigenvalue weighted by molar-refractivity contribution is 0.475. The topological polar surface area (TPSA) is 65.1 Å². The van der Waals surface area contributed by atoms with E-state index in [9.17, 15) is 9.90 Å². The van der Waals surface area contributed by atoms with Crippen molar-refractivity contribution in [2.45, 2.75) is 20.4 Å². The largest absolute Gasteiger partial charge is 0.508 e. The smallest absolute Gasteiger partial charge is 0.253 e. The van der Waals surface area contributed by atoms with Gasteiger partial charge in [0.1, 0.15) is 5.75 Å². The van der Waals surface area contributed by atoms with Crippen LogP contribution in [0.25, 0.3) is 10.9 Å². The van der Waals surface area contributed by atoms with Gasteiger partial charge >= 0.3 is 0 Å². The molecule has 112 valence electrons. The highest BCUT2D eigenvalue weighted by Crippen LogP contribution is 2.18. The molecule has 2 aromatic carbocycles. The van der Waals surface area contributed by atoms with E-state index in [1.54, 1.807) is 24.3 Å². The number of pyridine rings is 1. The Balaban J connectivity index is 1.90. The molecule has 0 aliphatic rings. The molecule has 3 rings (SSSR count). The third-order valence-electron chi connectivity index (χ3n) is 3.89. The zero-order valence-electron chi connectivity index (χ0n) is 12.6. The molecule has 1 aromatic heterocycles. The van der Waals surface area contributed by atoms with Crippen LogP contribution in [0.15, 0.2) is 47.3 Å². The molecular weight excluding hydrogens is 276 g/mol. The first-order valence-corrected chi connectivity index (χ1v) is 7.19. The molecule has 0 saturated carbocycles. The number of aromatic hydroxyl groups is 1. The number of rotatable bonds is 3. The Hall–Kier alpha value is -2.75. The van der Waals surface area contributed by atoms with Gasteiger partial charge in [-0.1, -0.05) is 0 Å². The Labute approximate surface area is 128 Å². The number of aromatic nitrogens is 1. The van der Waals surface area contributed by atoms with Gasteiger partial charge in [-0.25, -0.2) is 0 Å². The average molecular weight is 294 g/mol. The van der Waals surface area contributed by atoms with Crippen LogP contribution >= 0.6 is 0 Å². The molecule has 1 heterocycles. The van der Waals surface area contributed by atoms with Crippen molar-refractivity contribution >= 4 is 16.6 Å². The van der Waals surface area contributed by atoms with Crippen molar-refractivity contribution in [3.63, 3.8) is 0 Å². The summed E-state index contributed by atoms with van der Waals surface area (Å²) < 4.78 is 0. The highest BCUT2D eigenvalue weighted by molar-refractivity contribution is 5.80. The first kappa shape index (κ1) is 14.2. The Morgan fingerprint density at radius 2 is 1.73 bits per heavy atom. The number of phenolic OH excluding ortho intramolecular Hbond substituents is 1. The normalized spacial score (nSPS) is 10.8. The molecule has 0 unspecified atom stereocenters. The number of fused-ring (bicyclic) bond motifs is 1. The van der Waals surface area contributed by atoms with E-state index < -0.39 is 0 Å². The molecule has 4 nitrogen and oxygen atoms in total. The summed E-state index contributed by atoms with van der Waals surface area (Å²) in [5, 5.41) is 13.5. The van der Waals surface area contributed by atoms with E-state index in [1.807, 2.05) is 19.1 Å². The molecule has 0 spiro atoms. The summed E-state index contributed by atoms with van der Waals surface area (Å²) in [6.07, 6.45) is 0. The maximum Gasteiger partial charge on any atom is 0.253 e. The molecule has 0 aliphatic carbocycles. The Morgan fingerprint density at radius 3 is 2.45 bits per heavy atom. The number of H-pyrrole nitrogens is 1. The minimum Gasteiger partial charge on any atom is -0.508 e. The number of aromatic amines is 1. The first-order chi connectivity index (χ1) is 10.5. The predicted molar refractivity (Wildman–Crippen MR) is 89.5 cm³/mol. The van der Waals surface area contributed by atoms with Crippen molar-refractivity contribution in [1.29, 1.82) is 0 Å². The molecule has 0 amide bonds. The Morgan fingerprint density at radius 1 is 1.05 bits per heavy atom. The second-order valence-corrected chi connectivity index (χ2v) is 5.55. The van der Waals surface area contributed by atoms with Gasteiger partial charge < -0.3 is 15.4 Å². The van der Waals surface area contributed by atoms with Gasteiger partial charge in [0.2, 0.25) is 0 Å². The van der Waals surface area contributed by atoms with Crippen molar-refractivity contribution in [3.05, 3.63) is 69.5 Å². The quantitative estimate of drug-likeness (QED) is 0.648. The van der Waals surface area contributed by atoms with Gasteiger partial charge in [0.25, 0.3) is 5.56 Å². The fraction of sp³-hybridized carbons (Fsp3) is 0.167. The highest BCUT2D eigenvalue weighted by Gasteiger charge is 2.05. The zero-order valence-corrected chi connectivity index (χ0v) is 12.6. The second-order valence-electron chi connectivity index (χ2n) is 5.55. The molecule has 0 saturated heterocycles. The number of nitrogens with one attached hydrogen (secondary N) is 2. The van der Waals surface area contributed by atoms with Crippen LogP contribution in [-0.4, -0.2) is 10.1 Å². The predicted octanol–water partition coefficient (Wildman–Crippen LogP) is 3.46. The lowest BCUT2D eigenvalue weighted by Gasteiger charge is -2.08. The molecule has 4 heteroatoms. The van der Waals surface area contributed by atoms with E-state index in [0.717, 1.165) is 22.2 Å². The van der Waals surface area contributed by atoms with Crippen LogP contribution in [0, 0.1) is 13.8 Å². The van der Waals surface area contributed by atoms with Crippen molar-refractivity contribution in [1.82, 2.24) is 4.98 Å². The third-order valence-corrected chi connectivity index (χ3v) is 3.89. The summed E-state index contributed by atoms with van der Waals surface area (Å²) in [4.78, 5) is 15.1. The summed E-state index contributed by atoms with van der Waals surface area (Å²) in [6.45, 7) is 4.53. The molecular formula is C18H18N2O2. The molecule has 0 atom stereocenters. The fourth-order valence-corrected chi connectivity index (χ4v) is 2.43. The molecule has 22 heavy (non-hydrogen) atoms. The maximum absolute atomic E-state index is 12.2. The van der Waals surface area contributed by atoms with Crippen LogP contribution < -0.4 is 10.9 Å². The fourth-order valence-electron chi connectivity index (χ4n) is 2.43. The van der Waals surface area contributed by atoms with Gasteiger partial charge in [-0.15, -0.1) is 0 Å². The molecule has 0 aliphatic heterocycles. The van der Waals surface area contributed by atoms with E-state index >= 15 is 0 Å². The van der Waals surface area contributed by atoms with Crippen molar-refractivity contribution in [2.24, 2.45) is 0 Å². The van der Waals surface area contributed by atoms with Crippen molar-refractivity contribution in [2.75, 3.05) is 5.32 Å². The van der Waals surface area contributed by atoms with Crippen molar-refractivity contribution in [3.8, 4) is 5.75 Å². The Bertz CT molecular complexity index is 880. The van der Waals surface area contributed by atoms with Crippen LogP contribution in [0.1, 0.15) is 16.7 Å². The SMILES string of the molecule is Cc1cc2cc(CNc3ccc(O)cc3)c(=O)[nH]c2cc1C. The summed E-state index contributed by atoms with van der Waals surface area (Å²) in [7, 11) is 0. The Kier molecular flexibility index (Phi) is 3.59. The van der Waals surface area contributed by atoms with Gasteiger partial charge in [0.15, 0.2) is 0 Å². The maximum atomic E-state index is 12.2. The van der Waals surface area contributed by atoms with Crippen molar-refractivity contribution < 1.29 is 5.11 Å². The van der Waals surface area contributed by atoms with Crippen LogP contribution in [-0.2, 0) is 6.54 Å². The van der Waals surface area contributed by atoms with E-state index in [2.05, 4.69) is 23.3 Å². The van der Waals surface area contributed by atoms with E-state index in [4.69, 9.17) is 0 Å². The van der Waals surface area contributed by atoms with Gasteiger partial charge in [-0.2, -0.15) is 0 Å². The summed E-state index contributed by atoms with van der Waals surface area (Å²) in [5.74, 6) is 0.222. The number of hydrogen-bond donors (Lipinski definition) is 3. The van der Waals surface area contributed by atoms with E-state index in [0.29, 0.717) is 12.1 Å². The van der Waals surface area contributed by atoms with Crippen LogP contribution in [0.3, 0.4) is 0 Å².